The molecule has 0 spiro atoms. The van der Waals surface area contributed by atoms with E-state index in [4.69, 9.17) is 4.74 Å². The van der Waals surface area contributed by atoms with Crippen molar-refractivity contribution in [1.82, 2.24) is 0 Å². The summed E-state index contributed by atoms with van der Waals surface area (Å²) in [4.78, 5) is 0. The molecule has 2 aliphatic rings. The SMILES string of the molecule is C=CCC1CCC(c2ccc(Oc3ccc(C4CCC(CC=C)CC4)cc3Cc3ccccc3)c(Cc3ccccc3)c2)CC1. The molecule has 2 aliphatic carbocycles. The minimum atomic E-state index is 0.629. The number of hydrogen-bond acceptors (Lipinski definition) is 1. The Hall–Kier alpha value is -3.84. The van der Waals surface area contributed by atoms with Gasteiger partial charge in [0.1, 0.15) is 11.5 Å². The zero-order valence-electron chi connectivity index (χ0n) is 27.0. The van der Waals surface area contributed by atoms with Crippen LogP contribution >= 0.6 is 0 Å². The summed E-state index contributed by atoms with van der Waals surface area (Å²) in [5, 5.41) is 0. The van der Waals surface area contributed by atoms with E-state index in [9.17, 15) is 0 Å². The summed E-state index contributed by atoms with van der Waals surface area (Å²) in [6.45, 7) is 7.95. The highest BCUT2D eigenvalue weighted by atomic mass is 16.5. The molecule has 0 bridgehead atoms. The van der Waals surface area contributed by atoms with Gasteiger partial charge in [0, 0.05) is 12.8 Å². The first-order chi connectivity index (χ1) is 22.2. The number of benzene rings is 4. The minimum Gasteiger partial charge on any atom is -0.457 e. The second kappa shape index (κ2) is 15.4. The molecule has 0 radical (unpaired) electrons. The monoisotopic (exact) mass is 594 g/mol. The normalized spacial score (nSPS) is 21.6. The van der Waals surface area contributed by atoms with Crippen LogP contribution in [-0.2, 0) is 12.8 Å². The zero-order chi connectivity index (χ0) is 30.8. The van der Waals surface area contributed by atoms with Gasteiger partial charge in [-0.25, -0.2) is 0 Å². The molecule has 4 aromatic carbocycles. The first-order valence-electron chi connectivity index (χ1n) is 17.4. The van der Waals surface area contributed by atoms with Crippen molar-refractivity contribution in [3.8, 4) is 11.5 Å². The maximum atomic E-state index is 6.95. The number of allylic oxidation sites excluding steroid dienone is 2. The van der Waals surface area contributed by atoms with E-state index < -0.39 is 0 Å². The summed E-state index contributed by atoms with van der Waals surface area (Å²) in [5.41, 5.74) is 8.14. The molecule has 0 aromatic heterocycles. The highest BCUT2D eigenvalue weighted by Gasteiger charge is 2.24. The molecule has 0 N–H and O–H groups in total. The number of hydrogen-bond donors (Lipinski definition) is 0. The van der Waals surface area contributed by atoms with Gasteiger partial charge in [-0.05, 0) is 133 Å². The van der Waals surface area contributed by atoms with Crippen LogP contribution in [0.1, 0.15) is 109 Å². The summed E-state index contributed by atoms with van der Waals surface area (Å²) in [7, 11) is 0. The van der Waals surface area contributed by atoms with Gasteiger partial charge in [-0.1, -0.05) is 97.1 Å². The quantitative estimate of drug-likeness (QED) is 0.148. The molecule has 2 saturated carbocycles. The average molecular weight is 595 g/mol. The third-order valence-corrected chi connectivity index (χ3v) is 10.5. The Labute approximate surface area is 272 Å². The molecule has 1 nitrogen and oxygen atoms in total. The highest BCUT2D eigenvalue weighted by molar-refractivity contribution is 5.48. The lowest BCUT2D eigenvalue weighted by Crippen LogP contribution is -2.13. The van der Waals surface area contributed by atoms with E-state index in [1.54, 1.807) is 0 Å². The fourth-order valence-corrected chi connectivity index (χ4v) is 7.87. The Bertz CT molecular complexity index is 1400. The minimum absolute atomic E-state index is 0.629. The molecular formula is C44H50O. The van der Waals surface area contributed by atoms with Crippen molar-refractivity contribution >= 4 is 0 Å². The van der Waals surface area contributed by atoms with Gasteiger partial charge in [0.2, 0.25) is 0 Å². The van der Waals surface area contributed by atoms with Gasteiger partial charge in [0.15, 0.2) is 0 Å². The predicted octanol–water partition coefficient (Wildman–Crippen LogP) is 12.4. The molecule has 232 valence electrons. The third kappa shape index (κ3) is 8.26. The van der Waals surface area contributed by atoms with Gasteiger partial charge in [0.25, 0.3) is 0 Å². The van der Waals surface area contributed by atoms with Crippen molar-refractivity contribution in [2.45, 2.75) is 88.9 Å². The second-order valence-corrected chi connectivity index (χ2v) is 13.6. The first kappa shape index (κ1) is 31.2. The lowest BCUT2D eigenvalue weighted by molar-refractivity contribution is 0.328. The van der Waals surface area contributed by atoms with Gasteiger partial charge in [-0.15, -0.1) is 13.2 Å². The molecular weight excluding hydrogens is 544 g/mol. The van der Waals surface area contributed by atoms with Crippen LogP contribution in [0.2, 0.25) is 0 Å². The standard InChI is InChI=1S/C44H50O/c1-3-11-33-17-21-37(22-18-33)39-25-27-43(41(31-39)29-35-13-7-5-8-14-35)45-44-28-26-40(38-23-19-34(12-4-2)20-24-38)32-42(44)30-36-15-9-6-10-16-36/h3-10,13-16,25-28,31-34,37-38H,1-2,11-12,17-24,29-30H2. The van der Waals surface area contributed by atoms with Crippen LogP contribution in [0.5, 0.6) is 11.5 Å². The van der Waals surface area contributed by atoms with Crippen LogP contribution in [-0.4, -0.2) is 0 Å². The summed E-state index contributed by atoms with van der Waals surface area (Å²) in [6, 6.07) is 35.8. The molecule has 2 fully saturated rings. The van der Waals surface area contributed by atoms with Gasteiger partial charge >= 0.3 is 0 Å². The first-order valence-corrected chi connectivity index (χ1v) is 17.4. The Morgan fingerprint density at radius 2 is 0.911 bits per heavy atom. The van der Waals surface area contributed by atoms with Crippen molar-refractivity contribution in [1.29, 1.82) is 0 Å². The van der Waals surface area contributed by atoms with Crippen molar-refractivity contribution in [3.63, 3.8) is 0 Å². The molecule has 6 rings (SSSR count). The maximum Gasteiger partial charge on any atom is 0.130 e. The molecule has 0 atom stereocenters. The van der Waals surface area contributed by atoms with E-state index in [0.717, 1.165) is 49.0 Å². The molecule has 0 amide bonds. The van der Waals surface area contributed by atoms with Crippen molar-refractivity contribution < 1.29 is 4.74 Å². The fourth-order valence-electron chi connectivity index (χ4n) is 7.87. The molecule has 4 aromatic rings. The molecule has 0 aliphatic heterocycles. The molecule has 0 heterocycles. The number of ether oxygens (including phenoxy) is 1. The smallest absolute Gasteiger partial charge is 0.130 e. The Morgan fingerprint density at radius 1 is 0.511 bits per heavy atom. The van der Waals surface area contributed by atoms with E-state index in [1.807, 2.05) is 0 Å². The van der Waals surface area contributed by atoms with E-state index in [2.05, 4.69) is 122 Å². The predicted molar refractivity (Wildman–Crippen MR) is 190 cm³/mol. The van der Waals surface area contributed by atoms with Gasteiger partial charge in [0.05, 0.1) is 0 Å². The van der Waals surface area contributed by atoms with Gasteiger partial charge in [-0.2, -0.15) is 0 Å². The van der Waals surface area contributed by atoms with Gasteiger partial charge in [-0.3, -0.25) is 0 Å². The summed E-state index contributed by atoms with van der Waals surface area (Å²) in [6.07, 6.45) is 18.5. The fraction of sp³-hybridized carbons (Fsp3) is 0.364. The van der Waals surface area contributed by atoms with Gasteiger partial charge < -0.3 is 4.74 Å². The van der Waals surface area contributed by atoms with Crippen LogP contribution in [0.25, 0.3) is 0 Å². The van der Waals surface area contributed by atoms with Crippen LogP contribution in [0.4, 0.5) is 0 Å². The van der Waals surface area contributed by atoms with E-state index in [0.29, 0.717) is 11.8 Å². The van der Waals surface area contributed by atoms with Crippen LogP contribution in [0, 0.1) is 11.8 Å². The van der Waals surface area contributed by atoms with Crippen LogP contribution in [0.3, 0.4) is 0 Å². The zero-order valence-corrected chi connectivity index (χ0v) is 27.0. The van der Waals surface area contributed by atoms with E-state index >= 15 is 0 Å². The Kier molecular flexibility index (Phi) is 10.7. The molecule has 45 heavy (non-hydrogen) atoms. The maximum absolute atomic E-state index is 6.95. The molecule has 0 saturated heterocycles. The average Bonchev–Trinajstić information content (AvgIpc) is 3.08. The summed E-state index contributed by atoms with van der Waals surface area (Å²) < 4.78 is 6.95. The summed E-state index contributed by atoms with van der Waals surface area (Å²) >= 11 is 0. The lowest BCUT2D eigenvalue weighted by Gasteiger charge is -2.29. The molecule has 1 heteroatoms. The molecule has 0 unspecified atom stereocenters. The topological polar surface area (TPSA) is 9.23 Å². The largest absolute Gasteiger partial charge is 0.457 e. The lowest BCUT2D eigenvalue weighted by atomic mass is 9.77. The van der Waals surface area contributed by atoms with Crippen molar-refractivity contribution in [3.05, 3.63) is 156 Å². The third-order valence-electron chi connectivity index (χ3n) is 10.5. The number of rotatable bonds is 12. The van der Waals surface area contributed by atoms with Crippen molar-refractivity contribution in [2.75, 3.05) is 0 Å². The van der Waals surface area contributed by atoms with Crippen LogP contribution in [0.15, 0.2) is 122 Å². The summed E-state index contributed by atoms with van der Waals surface area (Å²) in [5.74, 6) is 4.83. The van der Waals surface area contributed by atoms with Crippen molar-refractivity contribution in [2.24, 2.45) is 11.8 Å². The Balaban J connectivity index is 1.29. The van der Waals surface area contributed by atoms with E-state index in [1.165, 1.54) is 84.7 Å². The second-order valence-electron chi connectivity index (χ2n) is 13.6. The Morgan fingerprint density at radius 3 is 1.29 bits per heavy atom. The van der Waals surface area contributed by atoms with E-state index in [-0.39, 0.29) is 0 Å². The van der Waals surface area contributed by atoms with Crippen LogP contribution < -0.4 is 4.74 Å². The highest BCUT2D eigenvalue weighted by Crippen LogP contribution is 2.42.